The number of carboxylic acids is 1. The molecule has 0 bridgehead atoms. The molecule has 23 nitrogen and oxygen atoms in total. The number of pyridine rings is 1. The number of rotatable bonds is 13. The fraction of sp³-hybridized carbons (Fsp3) is 0.767. The van der Waals surface area contributed by atoms with Gasteiger partial charge in [-0.05, 0) is 125 Å². The summed E-state index contributed by atoms with van der Waals surface area (Å²) in [6, 6.07) is 3.08. The predicted molar refractivity (Wildman–Crippen MR) is 298 cm³/mol. The van der Waals surface area contributed by atoms with Crippen molar-refractivity contribution in [1.82, 2.24) is 23.7 Å². The van der Waals surface area contributed by atoms with E-state index < -0.39 is 96.9 Å². The molecule has 4 saturated carbocycles. The third kappa shape index (κ3) is 12.6. The van der Waals surface area contributed by atoms with Gasteiger partial charge >= 0.3 is 17.6 Å². The molecule has 462 valence electrons. The van der Waals surface area contributed by atoms with Crippen molar-refractivity contribution in [3.05, 3.63) is 68.9 Å². The Hall–Kier alpha value is -4.50. The molecule has 7 fully saturated rings. The number of ether oxygens (including phenoxy) is 7. The highest BCUT2D eigenvalue weighted by Crippen LogP contribution is 2.70. The van der Waals surface area contributed by atoms with Crippen molar-refractivity contribution in [2.75, 3.05) is 6.61 Å². The lowest BCUT2D eigenvalue weighted by Gasteiger charge is -2.65. The number of hydrogen-bond acceptors (Lipinski definition) is 19. The number of aromatic nitrogens is 5. The van der Waals surface area contributed by atoms with Crippen LogP contribution in [0.4, 0.5) is 0 Å². The van der Waals surface area contributed by atoms with Gasteiger partial charge in [-0.15, -0.1) is 0 Å². The van der Waals surface area contributed by atoms with Crippen molar-refractivity contribution >= 4 is 23.1 Å². The van der Waals surface area contributed by atoms with Crippen LogP contribution in [0.1, 0.15) is 148 Å². The van der Waals surface area contributed by atoms with Gasteiger partial charge in [0.2, 0.25) is 0 Å². The molecule has 11 rings (SSSR count). The molecular formula is C60H89N5O18. The minimum absolute atomic E-state index is 0.0452. The number of unbranched alkanes of at least 4 members (excludes halogenated alkanes) is 3. The van der Waals surface area contributed by atoms with E-state index in [9.17, 15) is 49.8 Å². The van der Waals surface area contributed by atoms with E-state index in [0.29, 0.717) is 36.5 Å². The third-order valence-electron chi connectivity index (χ3n) is 20.3. The first-order valence-electron chi connectivity index (χ1n) is 30.1. The second kappa shape index (κ2) is 25.8. The van der Waals surface area contributed by atoms with Crippen LogP contribution in [0.2, 0.25) is 0 Å². The molecule has 0 amide bonds. The topological polar surface area (TPSA) is 315 Å². The quantitative estimate of drug-likeness (QED) is 0.0722. The number of carbonyl (C=O) groups is 2. The summed E-state index contributed by atoms with van der Waals surface area (Å²) in [4.78, 5) is 54.3. The smallest absolute Gasteiger partial charge is 0.337 e. The van der Waals surface area contributed by atoms with Gasteiger partial charge in [-0.2, -0.15) is 0 Å². The van der Waals surface area contributed by atoms with E-state index in [1.165, 1.54) is 27.6 Å². The lowest BCUT2D eigenvalue weighted by Crippen LogP contribution is -2.67. The number of imidazole rings is 1. The van der Waals surface area contributed by atoms with E-state index in [4.69, 9.17) is 38.3 Å². The summed E-state index contributed by atoms with van der Waals surface area (Å²) in [6.07, 6.45) is 7.04. The molecule has 8 aliphatic rings. The Balaban J connectivity index is 0.000000241. The highest BCUT2D eigenvalue weighted by atomic mass is 16.7. The second-order valence-electron chi connectivity index (χ2n) is 25.2. The van der Waals surface area contributed by atoms with Crippen LogP contribution in [0.15, 0.2) is 52.1 Å². The molecule has 21 atom stereocenters. The number of fused-ring (bicyclic) bond motifs is 6. The van der Waals surface area contributed by atoms with Crippen LogP contribution in [0, 0.1) is 34.5 Å². The summed E-state index contributed by atoms with van der Waals surface area (Å²) in [5, 5.41) is 75.2. The highest BCUT2D eigenvalue weighted by Gasteiger charge is 2.71. The van der Waals surface area contributed by atoms with E-state index in [2.05, 4.69) is 23.8 Å². The third-order valence-corrected chi connectivity index (χ3v) is 20.3. The molecule has 3 aromatic rings. The van der Waals surface area contributed by atoms with Gasteiger partial charge < -0.3 is 73.5 Å². The average molecular weight is 1170 g/mol. The van der Waals surface area contributed by atoms with Crippen LogP contribution in [-0.2, 0) is 58.6 Å². The van der Waals surface area contributed by atoms with Gasteiger partial charge in [-0.25, -0.2) is 19.4 Å². The SMILES string of the molecule is CCCCCCn1c(=O)c2c(ncn2C)n(C)c1=O.C[C@@H]1O[C@H](O[C@H]2CC[C@@]3(C)[C@H](CC[C@@H]4[C@@H]3C[C@@H](O)[C@]3(C)[C@H](C5=CC(=O)OC5)CC[C@]43O)C2)C[C@H](O)C1O[C@H]1C[C@H](O)[C@@H](O[C@H]2C[C@H](O)[C@@H](O)[C@@H](C)O2)[C@@H](C)O1.O=C(O)c1cccnc1. The maximum atomic E-state index is 12.6. The first-order chi connectivity index (χ1) is 39.4. The Kier molecular flexibility index (Phi) is 19.6. The molecule has 23 heteroatoms. The molecule has 4 aliphatic heterocycles. The molecule has 3 saturated heterocycles. The highest BCUT2D eigenvalue weighted by molar-refractivity contribution is 5.87. The van der Waals surface area contributed by atoms with E-state index in [1.54, 1.807) is 51.0 Å². The lowest BCUT2D eigenvalue weighted by molar-refractivity contribution is -0.336. The minimum atomic E-state index is -1.01. The summed E-state index contributed by atoms with van der Waals surface area (Å²) in [6.45, 7) is 12.5. The van der Waals surface area contributed by atoms with Crippen molar-refractivity contribution in [3.8, 4) is 0 Å². The number of aromatic carboxylic acids is 1. The monoisotopic (exact) mass is 1170 g/mol. The van der Waals surface area contributed by atoms with Gasteiger partial charge in [-0.1, -0.05) is 40.0 Å². The minimum Gasteiger partial charge on any atom is -0.478 e. The number of aliphatic hydroxyl groups is 6. The second-order valence-corrected chi connectivity index (χ2v) is 25.2. The van der Waals surface area contributed by atoms with Gasteiger partial charge in [0.25, 0.3) is 5.56 Å². The van der Waals surface area contributed by atoms with Gasteiger partial charge in [0.15, 0.2) is 30.0 Å². The number of carbonyl (C=O) groups excluding carboxylic acids is 1. The Bertz CT molecular complexity index is 2850. The molecule has 7 heterocycles. The number of nitrogens with zero attached hydrogens (tertiary/aromatic N) is 5. The van der Waals surface area contributed by atoms with Crippen molar-refractivity contribution < 1.29 is 78.5 Å². The number of esters is 1. The van der Waals surface area contributed by atoms with Crippen LogP contribution in [0.3, 0.4) is 0 Å². The molecule has 0 aromatic carbocycles. The largest absolute Gasteiger partial charge is 0.478 e. The zero-order chi connectivity index (χ0) is 59.9. The maximum Gasteiger partial charge on any atom is 0.337 e. The summed E-state index contributed by atoms with van der Waals surface area (Å²) < 4.78 is 46.5. The van der Waals surface area contributed by atoms with Gasteiger partial charge in [-0.3, -0.25) is 18.9 Å². The van der Waals surface area contributed by atoms with Gasteiger partial charge in [0.05, 0.1) is 66.3 Å². The number of cyclic esters (lactones) is 1. The fourth-order valence-corrected chi connectivity index (χ4v) is 15.5. The first-order valence-corrected chi connectivity index (χ1v) is 30.1. The Morgan fingerprint density at radius 3 is 2.01 bits per heavy atom. The molecule has 83 heavy (non-hydrogen) atoms. The molecule has 0 radical (unpaired) electrons. The van der Waals surface area contributed by atoms with E-state index in [1.807, 2.05) is 13.8 Å². The van der Waals surface area contributed by atoms with E-state index in [0.717, 1.165) is 69.8 Å². The standard InChI is InChI=1S/C41H64O14.C13H20N4O2.C6H5NO2/c1-19-36(47)28(42)15-34(50-19)54-38-21(3)52-35(17-30(38)44)55-37-20(2)51-33(16-29(37)43)53-24-8-10-39(4)23(13-24)6-7-26-27(39)14-31(45)40(5)25(9-11-41(26,40)48)22-12-32(46)49-18-22;1-4-5-6-7-8-17-12(18)10-11(14-9-15(10)2)16(3)13(17)19;8-6(9)5-2-1-3-7-4-5/h12,19-21,23-31,33-38,42-45,47-48H,6-11,13-18H2,1-5H3;9H,4-8H2,1-3H3;1-4H,(H,8,9)/t19-,20+,21-,23-,24+,25+,26-,27+,28+,29+,30+,31-,33-,34+,35+,36+,37?,38+,39+,40+,41+;;/m1../s1. The Morgan fingerprint density at radius 1 is 0.783 bits per heavy atom. The molecule has 4 aliphatic carbocycles. The average Bonchev–Trinajstić information content (AvgIpc) is 2.30. The van der Waals surface area contributed by atoms with Crippen LogP contribution in [-0.4, -0.2) is 170 Å². The van der Waals surface area contributed by atoms with Gasteiger partial charge in [0, 0.05) is 63.8 Å². The number of carboxylic acid groups (broad SMARTS) is 1. The number of hydrogen-bond donors (Lipinski definition) is 7. The maximum absolute atomic E-state index is 12.6. The summed E-state index contributed by atoms with van der Waals surface area (Å²) in [5.74, 6) is -0.737. The van der Waals surface area contributed by atoms with E-state index >= 15 is 0 Å². The van der Waals surface area contributed by atoms with Crippen LogP contribution in [0.25, 0.3) is 11.2 Å². The molecular weight excluding hydrogens is 1080 g/mol. The fourth-order valence-electron chi connectivity index (χ4n) is 15.5. The Labute approximate surface area is 483 Å². The molecule has 1 unspecified atom stereocenters. The summed E-state index contributed by atoms with van der Waals surface area (Å²) >= 11 is 0. The zero-order valence-electron chi connectivity index (χ0n) is 49.2. The zero-order valence-corrected chi connectivity index (χ0v) is 49.2. The van der Waals surface area contributed by atoms with Crippen LogP contribution >= 0.6 is 0 Å². The molecule has 3 aromatic heterocycles. The molecule has 7 N–H and O–H groups in total. The summed E-state index contributed by atoms with van der Waals surface area (Å²) in [7, 11) is 3.42. The van der Waals surface area contributed by atoms with Crippen molar-refractivity contribution in [2.24, 2.45) is 48.6 Å². The van der Waals surface area contributed by atoms with Crippen LogP contribution in [0.5, 0.6) is 0 Å². The van der Waals surface area contributed by atoms with Gasteiger partial charge in [0.1, 0.15) is 24.9 Å². The Morgan fingerprint density at radius 2 is 1.43 bits per heavy atom. The molecule has 0 spiro atoms. The first kappa shape index (κ1) is 63.0. The lowest BCUT2D eigenvalue weighted by atomic mass is 9.42. The van der Waals surface area contributed by atoms with Crippen molar-refractivity contribution in [3.63, 3.8) is 0 Å². The van der Waals surface area contributed by atoms with Crippen LogP contribution < -0.4 is 11.2 Å². The van der Waals surface area contributed by atoms with E-state index in [-0.39, 0.29) is 77.9 Å². The number of aliphatic hydroxyl groups excluding tert-OH is 5. The predicted octanol–water partition coefficient (Wildman–Crippen LogP) is 4.01. The normalized spacial score (nSPS) is 40.4. The summed E-state index contributed by atoms with van der Waals surface area (Å²) in [5.41, 5.74) is -0.267. The van der Waals surface area contributed by atoms with Crippen molar-refractivity contribution in [1.29, 1.82) is 0 Å². The number of aryl methyl sites for hydroxylation is 2. The van der Waals surface area contributed by atoms with Crippen molar-refractivity contribution in [2.45, 2.75) is 236 Å².